The van der Waals surface area contributed by atoms with Gasteiger partial charge in [0.1, 0.15) is 5.01 Å². The molecule has 0 aliphatic rings. The van der Waals surface area contributed by atoms with Crippen LogP contribution in [0.15, 0.2) is 17.8 Å². The summed E-state index contributed by atoms with van der Waals surface area (Å²) in [5.74, 6) is 0. The molecular weight excluding hydrogens is 267 g/mol. The van der Waals surface area contributed by atoms with Crippen LogP contribution in [0.3, 0.4) is 0 Å². The molecule has 0 fully saturated rings. The van der Waals surface area contributed by atoms with Gasteiger partial charge in [0, 0.05) is 29.9 Å². The second-order valence-corrected chi connectivity index (χ2v) is 4.58. The Labute approximate surface area is 105 Å². The van der Waals surface area contributed by atoms with Crippen LogP contribution in [0.1, 0.15) is 16.3 Å². The van der Waals surface area contributed by atoms with E-state index in [9.17, 15) is 13.2 Å². The molecule has 0 atom stereocenters. The van der Waals surface area contributed by atoms with Gasteiger partial charge in [0.2, 0.25) is 0 Å². The maximum atomic E-state index is 12.7. The van der Waals surface area contributed by atoms with Crippen LogP contribution in [0.4, 0.5) is 13.2 Å². The highest BCUT2D eigenvalue weighted by Gasteiger charge is 2.36. The Bertz CT molecular complexity index is 507. The molecule has 2 aromatic rings. The molecule has 0 aromatic carbocycles. The first kappa shape index (κ1) is 13.0. The van der Waals surface area contributed by atoms with Crippen molar-refractivity contribution in [3.05, 3.63) is 34.0 Å². The summed E-state index contributed by atoms with van der Waals surface area (Å²) < 4.78 is 39.3. The average Bonchev–Trinajstić information content (AvgIpc) is 2.88. The zero-order valence-corrected chi connectivity index (χ0v) is 10.0. The molecule has 0 aliphatic carbocycles. The molecule has 0 saturated heterocycles. The number of rotatable bonds is 4. The minimum atomic E-state index is -4.50. The lowest BCUT2D eigenvalue weighted by Crippen LogP contribution is -2.10. The molecule has 98 valence electrons. The van der Waals surface area contributed by atoms with E-state index in [-0.39, 0.29) is 25.1 Å². The first-order valence-electron chi connectivity index (χ1n) is 5.13. The van der Waals surface area contributed by atoms with Crippen LogP contribution in [-0.2, 0) is 19.1 Å². The van der Waals surface area contributed by atoms with Crippen molar-refractivity contribution in [2.75, 3.05) is 6.61 Å². The van der Waals surface area contributed by atoms with Gasteiger partial charge in [-0.1, -0.05) is 0 Å². The highest BCUT2D eigenvalue weighted by atomic mass is 32.1. The predicted molar refractivity (Wildman–Crippen MR) is 59.2 cm³/mol. The number of hydrogen-bond acceptors (Lipinski definition) is 4. The standard InChI is InChI=1S/C10H10F3N3OS/c11-10(12,13)9-7(1-3-17)5-16(15-9)6-8-14-2-4-18-8/h2,4-5,17H,1,3,6H2. The summed E-state index contributed by atoms with van der Waals surface area (Å²) >= 11 is 1.35. The second-order valence-electron chi connectivity index (χ2n) is 3.60. The summed E-state index contributed by atoms with van der Waals surface area (Å²) in [6.45, 7) is -0.141. The Morgan fingerprint density at radius 1 is 1.39 bits per heavy atom. The molecule has 4 nitrogen and oxygen atoms in total. The molecule has 0 radical (unpaired) electrons. The fraction of sp³-hybridized carbons (Fsp3) is 0.400. The molecule has 1 N–H and O–H groups in total. The normalized spacial score (nSPS) is 12.0. The van der Waals surface area contributed by atoms with Crippen molar-refractivity contribution in [3.63, 3.8) is 0 Å². The smallest absolute Gasteiger partial charge is 0.396 e. The number of aromatic nitrogens is 3. The lowest BCUT2D eigenvalue weighted by molar-refractivity contribution is -0.142. The van der Waals surface area contributed by atoms with E-state index in [1.165, 1.54) is 22.2 Å². The zero-order valence-electron chi connectivity index (χ0n) is 9.18. The molecular formula is C10H10F3N3OS. The fourth-order valence-corrected chi connectivity index (χ4v) is 2.16. The molecule has 2 heterocycles. The van der Waals surface area contributed by atoms with Crippen molar-refractivity contribution in [1.82, 2.24) is 14.8 Å². The van der Waals surface area contributed by atoms with Gasteiger partial charge in [-0.15, -0.1) is 11.3 Å². The van der Waals surface area contributed by atoms with Crippen molar-refractivity contribution >= 4 is 11.3 Å². The van der Waals surface area contributed by atoms with Crippen LogP contribution in [0.2, 0.25) is 0 Å². The molecule has 0 bridgehead atoms. The highest BCUT2D eigenvalue weighted by Crippen LogP contribution is 2.31. The Morgan fingerprint density at radius 2 is 2.17 bits per heavy atom. The lowest BCUT2D eigenvalue weighted by atomic mass is 10.2. The third-order valence-electron chi connectivity index (χ3n) is 2.27. The van der Waals surface area contributed by atoms with Crippen molar-refractivity contribution in [1.29, 1.82) is 0 Å². The van der Waals surface area contributed by atoms with E-state index in [4.69, 9.17) is 5.11 Å². The number of halogens is 3. The van der Waals surface area contributed by atoms with E-state index in [1.807, 2.05) is 0 Å². The number of aliphatic hydroxyl groups is 1. The van der Waals surface area contributed by atoms with Gasteiger partial charge in [-0.25, -0.2) is 4.98 Å². The van der Waals surface area contributed by atoms with Gasteiger partial charge < -0.3 is 5.11 Å². The topological polar surface area (TPSA) is 50.9 Å². The minimum absolute atomic E-state index is 0.00144. The fourth-order valence-electron chi connectivity index (χ4n) is 1.56. The molecule has 0 unspecified atom stereocenters. The molecule has 0 spiro atoms. The number of thiazole rings is 1. The van der Waals surface area contributed by atoms with Crippen LogP contribution in [-0.4, -0.2) is 26.5 Å². The van der Waals surface area contributed by atoms with Crippen molar-refractivity contribution in [2.24, 2.45) is 0 Å². The first-order valence-corrected chi connectivity index (χ1v) is 6.01. The number of alkyl halides is 3. The Hall–Kier alpha value is -1.41. The van der Waals surface area contributed by atoms with E-state index in [0.717, 1.165) is 0 Å². The summed E-state index contributed by atoms with van der Waals surface area (Å²) in [6.07, 6.45) is -1.67. The average molecular weight is 277 g/mol. The van der Waals surface area contributed by atoms with Crippen LogP contribution < -0.4 is 0 Å². The van der Waals surface area contributed by atoms with Gasteiger partial charge >= 0.3 is 6.18 Å². The summed E-state index contributed by atoms with van der Waals surface area (Å²) in [5.41, 5.74) is -0.935. The highest BCUT2D eigenvalue weighted by molar-refractivity contribution is 7.09. The Balaban J connectivity index is 2.27. The Kier molecular flexibility index (Phi) is 3.67. The summed E-state index contributed by atoms with van der Waals surface area (Å²) in [4.78, 5) is 3.99. The molecule has 8 heteroatoms. The van der Waals surface area contributed by atoms with Gasteiger partial charge in [0.15, 0.2) is 5.69 Å². The van der Waals surface area contributed by atoms with E-state index in [0.29, 0.717) is 5.01 Å². The van der Waals surface area contributed by atoms with E-state index in [1.54, 1.807) is 11.6 Å². The minimum Gasteiger partial charge on any atom is -0.396 e. The quantitative estimate of drug-likeness (QED) is 0.929. The third-order valence-corrected chi connectivity index (χ3v) is 3.03. The van der Waals surface area contributed by atoms with E-state index < -0.39 is 11.9 Å². The monoisotopic (exact) mass is 277 g/mol. The number of aliphatic hydroxyl groups excluding tert-OH is 1. The first-order chi connectivity index (χ1) is 8.50. The van der Waals surface area contributed by atoms with Gasteiger partial charge in [0.25, 0.3) is 0 Å². The van der Waals surface area contributed by atoms with Crippen molar-refractivity contribution in [2.45, 2.75) is 19.1 Å². The van der Waals surface area contributed by atoms with Crippen LogP contribution >= 0.6 is 11.3 Å². The van der Waals surface area contributed by atoms with Crippen LogP contribution in [0.5, 0.6) is 0 Å². The SMILES string of the molecule is OCCc1cn(Cc2nccs2)nc1C(F)(F)F. The predicted octanol–water partition coefficient (Wildman–Crippen LogP) is 1.94. The summed E-state index contributed by atoms with van der Waals surface area (Å²) in [5, 5.41) is 14.7. The maximum absolute atomic E-state index is 12.7. The van der Waals surface area contributed by atoms with Gasteiger partial charge in [0.05, 0.1) is 6.54 Å². The van der Waals surface area contributed by atoms with Crippen LogP contribution in [0.25, 0.3) is 0 Å². The molecule has 2 rings (SSSR count). The zero-order chi connectivity index (χ0) is 13.2. The van der Waals surface area contributed by atoms with Gasteiger partial charge in [-0.05, 0) is 6.42 Å². The molecule has 2 aromatic heterocycles. The molecule has 18 heavy (non-hydrogen) atoms. The lowest BCUT2D eigenvalue weighted by Gasteiger charge is -2.04. The molecule has 0 aliphatic heterocycles. The Morgan fingerprint density at radius 3 is 2.72 bits per heavy atom. The van der Waals surface area contributed by atoms with Crippen molar-refractivity contribution in [3.8, 4) is 0 Å². The summed E-state index contributed by atoms with van der Waals surface area (Å²) in [6, 6.07) is 0. The number of nitrogens with zero attached hydrogens (tertiary/aromatic N) is 3. The third kappa shape index (κ3) is 2.88. The maximum Gasteiger partial charge on any atom is 0.435 e. The second kappa shape index (κ2) is 5.07. The van der Waals surface area contributed by atoms with Crippen molar-refractivity contribution < 1.29 is 18.3 Å². The van der Waals surface area contributed by atoms with Gasteiger partial charge in [-0.2, -0.15) is 18.3 Å². The summed E-state index contributed by atoms with van der Waals surface area (Å²) in [7, 11) is 0. The van der Waals surface area contributed by atoms with E-state index in [2.05, 4.69) is 10.1 Å². The number of hydrogen-bond donors (Lipinski definition) is 1. The molecule has 0 amide bonds. The largest absolute Gasteiger partial charge is 0.435 e. The van der Waals surface area contributed by atoms with Gasteiger partial charge in [-0.3, -0.25) is 4.68 Å². The van der Waals surface area contributed by atoms with E-state index >= 15 is 0 Å². The molecule has 0 saturated carbocycles. The van der Waals surface area contributed by atoms with Crippen LogP contribution in [0, 0.1) is 0 Å².